The molecule has 1 aliphatic rings. The van der Waals surface area contributed by atoms with E-state index in [1.54, 1.807) is 4.80 Å². The van der Waals surface area contributed by atoms with Gasteiger partial charge in [-0.05, 0) is 24.5 Å². The molecule has 0 spiro atoms. The highest BCUT2D eigenvalue weighted by Crippen LogP contribution is 2.16. The Kier molecular flexibility index (Phi) is 8.26. The van der Waals surface area contributed by atoms with E-state index < -0.39 is 0 Å². The number of fused-ring (bicyclic) bond motifs is 1. The van der Waals surface area contributed by atoms with E-state index in [1.807, 2.05) is 26.0 Å². The zero-order valence-corrected chi connectivity index (χ0v) is 14.4. The summed E-state index contributed by atoms with van der Waals surface area (Å²) < 4.78 is 5.55. The number of hydrogen-bond donors (Lipinski definition) is 0. The summed E-state index contributed by atoms with van der Waals surface area (Å²) in [6.45, 7) is 13.7. The van der Waals surface area contributed by atoms with Crippen molar-refractivity contribution in [2.75, 3.05) is 6.61 Å². The molecule has 0 N–H and O–H groups in total. The lowest BCUT2D eigenvalue weighted by atomic mass is 10.2. The van der Waals surface area contributed by atoms with Gasteiger partial charge in [0.25, 0.3) is 0 Å². The molecule has 122 valence electrons. The highest BCUT2D eigenvalue weighted by atomic mass is 16.5. The monoisotopic (exact) mass is 303 g/mol. The van der Waals surface area contributed by atoms with Crippen molar-refractivity contribution in [2.45, 2.75) is 53.5 Å². The number of allylic oxidation sites excluding steroid dienone is 3. The Morgan fingerprint density at radius 2 is 1.82 bits per heavy atom. The fourth-order valence-electron chi connectivity index (χ4n) is 1.92. The van der Waals surface area contributed by atoms with Crippen LogP contribution in [0.3, 0.4) is 0 Å². The third-order valence-corrected chi connectivity index (χ3v) is 3.22. The zero-order chi connectivity index (χ0) is 16.4. The van der Waals surface area contributed by atoms with Gasteiger partial charge in [0.1, 0.15) is 11.4 Å². The van der Waals surface area contributed by atoms with Crippen molar-refractivity contribution in [1.82, 2.24) is 15.0 Å². The van der Waals surface area contributed by atoms with Crippen LogP contribution < -0.4 is 0 Å². The van der Waals surface area contributed by atoms with E-state index in [4.69, 9.17) is 4.74 Å². The summed E-state index contributed by atoms with van der Waals surface area (Å²) in [4.78, 5) is 1.73. The first-order chi connectivity index (χ1) is 10.7. The summed E-state index contributed by atoms with van der Waals surface area (Å²) in [5, 5.41) is 8.97. The zero-order valence-electron chi connectivity index (χ0n) is 14.4. The highest BCUT2D eigenvalue weighted by molar-refractivity contribution is 5.61. The number of unbranched alkanes of at least 4 members (excludes halogenated alkanes) is 1. The second-order valence-corrected chi connectivity index (χ2v) is 5.13. The van der Waals surface area contributed by atoms with Crippen molar-refractivity contribution in [2.24, 2.45) is 5.92 Å². The Morgan fingerprint density at radius 3 is 2.36 bits per heavy atom. The maximum Gasteiger partial charge on any atom is 0.112 e. The van der Waals surface area contributed by atoms with Crippen molar-refractivity contribution >= 4 is 12.2 Å². The molecular formula is C18H29N3O. The Balaban J connectivity index is 0.00000116. The lowest BCUT2D eigenvalue weighted by Gasteiger charge is -2.07. The summed E-state index contributed by atoms with van der Waals surface area (Å²) in [7, 11) is 0. The molecule has 0 amide bonds. The lowest BCUT2D eigenvalue weighted by molar-refractivity contribution is 0.194. The van der Waals surface area contributed by atoms with Crippen molar-refractivity contribution in [3.63, 3.8) is 0 Å². The number of aromatic nitrogens is 3. The standard InChI is InChI=1S/C16H23N3O.C2H6/c1-4-5-12-20-14(3)10-11-19-17-15-8-6-13(2)7-9-16(15)18-19;1-2/h6-9,13H,3-5,10-12H2,1-2H3;1-2H3. The average Bonchev–Trinajstić information content (AvgIpc) is 2.85. The van der Waals surface area contributed by atoms with Crippen molar-refractivity contribution in [3.8, 4) is 0 Å². The van der Waals surface area contributed by atoms with Gasteiger partial charge in [0.05, 0.1) is 18.9 Å². The van der Waals surface area contributed by atoms with E-state index in [9.17, 15) is 0 Å². The fraction of sp³-hybridized carbons (Fsp3) is 0.556. The first-order valence-electron chi connectivity index (χ1n) is 8.31. The summed E-state index contributed by atoms with van der Waals surface area (Å²) in [6, 6.07) is 0. The van der Waals surface area contributed by atoms with E-state index in [0.717, 1.165) is 43.0 Å². The molecule has 1 aliphatic carbocycles. The third kappa shape index (κ3) is 5.88. The minimum atomic E-state index is 0.436. The number of aryl methyl sites for hydroxylation is 1. The maximum atomic E-state index is 5.55. The van der Waals surface area contributed by atoms with Gasteiger partial charge in [0.15, 0.2) is 0 Å². The van der Waals surface area contributed by atoms with Crippen LogP contribution in [-0.4, -0.2) is 21.6 Å². The van der Waals surface area contributed by atoms with Crippen LogP contribution in [0.2, 0.25) is 0 Å². The van der Waals surface area contributed by atoms with Crippen molar-refractivity contribution in [3.05, 3.63) is 35.9 Å². The summed E-state index contributed by atoms with van der Waals surface area (Å²) >= 11 is 0. The average molecular weight is 303 g/mol. The Morgan fingerprint density at radius 1 is 1.23 bits per heavy atom. The lowest BCUT2D eigenvalue weighted by Crippen LogP contribution is -2.05. The summed E-state index contributed by atoms with van der Waals surface area (Å²) in [6.07, 6.45) is 11.3. The van der Waals surface area contributed by atoms with Gasteiger partial charge >= 0.3 is 0 Å². The fourth-order valence-corrected chi connectivity index (χ4v) is 1.92. The van der Waals surface area contributed by atoms with Crippen molar-refractivity contribution < 1.29 is 4.74 Å². The van der Waals surface area contributed by atoms with Crippen LogP contribution in [-0.2, 0) is 11.3 Å². The Labute approximate surface area is 134 Å². The number of rotatable bonds is 7. The molecule has 0 saturated heterocycles. The number of hydrogen-bond acceptors (Lipinski definition) is 3. The third-order valence-electron chi connectivity index (χ3n) is 3.22. The molecule has 1 heterocycles. The minimum absolute atomic E-state index is 0.436. The molecule has 22 heavy (non-hydrogen) atoms. The van der Waals surface area contributed by atoms with Crippen LogP contribution in [0.5, 0.6) is 0 Å². The molecule has 1 aromatic heterocycles. The van der Waals surface area contributed by atoms with Gasteiger partial charge in [-0.1, -0.05) is 52.8 Å². The first-order valence-corrected chi connectivity index (χ1v) is 8.31. The molecule has 0 saturated carbocycles. The van der Waals surface area contributed by atoms with Gasteiger partial charge in [-0.3, -0.25) is 0 Å². The minimum Gasteiger partial charge on any atom is -0.498 e. The van der Waals surface area contributed by atoms with Crippen LogP contribution >= 0.6 is 0 Å². The smallest absolute Gasteiger partial charge is 0.112 e. The Hall–Kier alpha value is -1.84. The molecule has 0 radical (unpaired) electrons. The topological polar surface area (TPSA) is 39.9 Å². The van der Waals surface area contributed by atoms with Crippen LogP contribution in [0.4, 0.5) is 0 Å². The summed E-state index contributed by atoms with van der Waals surface area (Å²) in [5.74, 6) is 1.25. The highest BCUT2D eigenvalue weighted by Gasteiger charge is 2.09. The number of ether oxygens (including phenoxy) is 1. The van der Waals surface area contributed by atoms with Gasteiger partial charge < -0.3 is 4.74 Å². The van der Waals surface area contributed by atoms with E-state index in [0.29, 0.717) is 12.5 Å². The van der Waals surface area contributed by atoms with Crippen LogP contribution in [0, 0.1) is 5.92 Å². The van der Waals surface area contributed by atoms with Gasteiger partial charge in [-0.2, -0.15) is 15.0 Å². The normalized spacial score (nSPS) is 13.1. The van der Waals surface area contributed by atoms with E-state index in [-0.39, 0.29) is 0 Å². The molecular weight excluding hydrogens is 274 g/mol. The molecule has 0 atom stereocenters. The maximum absolute atomic E-state index is 5.55. The van der Waals surface area contributed by atoms with Crippen LogP contribution in [0.1, 0.15) is 58.3 Å². The Bertz CT molecular complexity index is 483. The van der Waals surface area contributed by atoms with E-state index in [1.165, 1.54) is 0 Å². The molecule has 0 unspecified atom stereocenters. The van der Waals surface area contributed by atoms with Crippen LogP contribution in [0.15, 0.2) is 24.5 Å². The van der Waals surface area contributed by atoms with Gasteiger partial charge in [-0.25, -0.2) is 0 Å². The molecule has 1 aromatic rings. The SMILES string of the molecule is C=C(CCn1nc2c(n1)C=CC(C)C=C2)OCCCC.CC. The molecule has 0 fully saturated rings. The number of nitrogens with zero attached hydrogens (tertiary/aromatic N) is 3. The molecule has 4 heteroatoms. The first kappa shape index (κ1) is 18.2. The molecule has 0 bridgehead atoms. The molecule has 4 nitrogen and oxygen atoms in total. The van der Waals surface area contributed by atoms with Gasteiger partial charge in [0, 0.05) is 6.42 Å². The second-order valence-electron chi connectivity index (χ2n) is 5.13. The second kappa shape index (κ2) is 9.98. The van der Waals surface area contributed by atoms with Crippen LogP contribution in [0.25, 0.3) is 12.2 Å². The molecule has 0 aromatic carbocycles. The van der Waals surface area contributed by atoms with Gasteiger partial charge in [0.2, 0.25) is 0 Å². The largest absolute Gasteiger partial charge is 0.498 e. The molecule has 2 rings (SSSR count). The van der Waals surface area contributed by atoms with E-state index in [2.05, 4.69) is 42.8 Å². The predicted molar refractivity (Wildman–Crippen MR) is 93.2 cm³/mol. The predicted octanol–water partition coefficient (Wildman–Crippen LogP) is 4.70. The molecule has 0 aliphatic heterocycles. The summed E-state index contributed by atoms with van der Waals surface area (Å²) in [5.41, 5.74) is 1.87. The van der Waals surface area contributed by atoms with E-state index >= 15 is 0 Å². The quantitative estimate of drug-likeness (QED) is 0.541. The van der Waals surface area contributed by atoms with Gasteiger partial charge in [-0.15, -0.1) is 0 Å². The van der Waals surface area contributed by atoms with Crippen molar-refractivity contribution in [1.29, 1.82) is 0 Å².